The maximum atomic E-state index is 6.04. The second-order valence-corrected chi connectivity index (χ2v) is 4.14. The van der Waals surface area contributed by atoms with E-state index < -0.39 is 0 Å². The van der Waals surface area contributed by atoms with Crippen LogP contribution in [0.15, 0.2) is 42.5 Å². The summed E-state index contributed by atoms with van der Waals surface area (Å²) in [5, 5.41) is 0. The first-order valence-electron chi connectivity index (χ1n) is 5.66. The molecule has 1 nitrogen and oxygen atoms in total. The lowest BCUT2D eigenvalue weighted by molar-refractivity contribution is 1.14. The molecule has 0 spiro atoms. The van der Waals surface area contributed by atoms with Crippen molar-refractivity contribution in [2.24, 2.45) is 0 Å². The fourth-order valence-electron chi connectivity index (χ4n) is 1.90. The molecule has 0 fully saturated rings. The first kappa shape index (κ1) is 10.7. The molecule has 0 atom stereocenters. The second kappa shape index (κ2) is 4.40. The van der Waals surface area contributed by atoms with Gasteiger partial charge in [-0.1, -0.05) is 43.3 Å². The highest BCUT2D eigenvalue weighted by atomic mass is 14.6. The molecule has 0 aliphatic carbocycles. The number of nitrogens with two attached hydrogens (primary N) is 1. The van der Waals surface area contributed by atoms with Crippen LogP contribution in [0.3, 0.4) is 0 Å². The average Bonchev–Trinajstić information content (AvgIpc) is 2.29. The third-order valence-electron chi connectivity index (χ3n) is 2.85. The molecule has 2 aromatic rings. The predicted octanol–water partition coefficient (Wildman–Crippen LogP) is 3.81. The van der Waals surface area contributed by atoms with Crippen LogP contribution in [-0.2, 0) is 6.42 Å². The minimum Gasteiger partial charge on any atom is -0.398 e. The summed E-state index contributed by atoms with van der Waals surface area (Å²) in [6.45, 7) is 4.22. The molecule has 16 heavy (non-hydrogen) atoms. The average molecular weight is 211 g/mol. The highest BCUT2D eigenvalue weighted by Gasteiger charge is 2.02. The Kier molecular flexibility index (Phi) is 2.95. The van der Waals surface area contributed by atoms with E-state index in [2.05, 4.69) is 50.2 Å². The van der Waals surface area contributed by atoms with E-state index in [1.54, 1.807) is 0 Å². The largest absolute Gasteiger partial charge is 0.398 e. The lowest BCUT2D eigenvalue weighted by Crippen LogP contribution is -1.91. The van der Waals surface area contributed by atoms with Crippen molar-refractivity contribution in [3.63, 3.8) is 0 Å². The highest BCUT2D eigenvalue weighted by molar-refractivity contribution is 5.77. The SMILES string of the molecule is CCc1cccc(-c2ccc(C)cc2N)c1. The summed E-state index contributed by atoms with van der Waals surface area (Å²) in [5.41, 5.74) is 11.8. The molecule has 0 amide bonds. The van der Waals surface area contributed by atoms with Gasteiger partial charge in [0.2, 0.25) is 0 Å². The minimum absolute atomic E-state index is 0.855. The van der Waals surface area contributed by atoms with Crippen LogP contribution < -0.4 is 5.73 Å². The van der Waals surface area contributed by atoms with Crippen molar-refractivity contribution in [1.29, 1.82) is 0 Å². The van der Waals surface area contributed by atoms with Crippen LogP contribution in [0.1, 0.15) is 18.1 Å². The van der Waals surface area contributed by atoms with Crippen molar-refractivity contribution in [3.05, 3.63) is 53.6 Å². The molecule has 1 heteroatoms. The number of hydrogen-bond acceptors (Lipinski definition) is 1. The first-order chi connectivity index (χ1) is 7.70. The molecule has 82 valence electrons. The number of anilines is 1. The van der Waals surface area contributed by atoms with E-state index in [9.17, 15) is 0 Å². The molecular weight excluding hydrogens is 194 g/mol. The summed E-state index contributed by atoms with van der Waals surface area (Å²) < 4.78 is 0. The fourth-order valence-corrected chi connectivity index (χ4v) is 1.90. The van der Waals surface area contributed by atoms with Crippen LogP contribution in [0.5, 0.6) is 0 Å². The molecule has 0 aliphatic rings. The molecule has 0 unspecified atom stereocenters. The zero-order valence-corrected chi connectivity index (χ0v) is 9.83. The molecule has 0 aromatic heterocycles. The number of rotatable bonds is 2. The number of benzene rings is 2. The predicted molar refractivity (Wildman–Crippen MR) is 70.4 cm³/mol. The molecule has 0 saturated heterocycles. The molecule has 2 N–H and O–H groups in total. The zero-order valence-electron chi connectivity index (χ0n) is 9.83. The Bertz CT molecular complexity index is 501. The number of hydrogen-bond donors (Lipinski definition) is 1. The molecule has 0 bridgehead atoms. The lowest BCUT2D eigenvalue weighted by Gasteiger charge is -2.08. The van der Waals surface area contributed by atoms with Gasteiger partial charge in [0.1, 0.15) is 0 Å². The van der Waals surface area contributed by atoms with Gasteiger partial charge in [-0.15, -0.1) is 0 Å². The maximum absolute atomic E-state index is 6.04. The van der Waals surface area contributed by atoms with Gasteiger partial charge >= 0.3 is 0 Å². The van der Waals surface area contributed by atoms with E-state index in [1.165, 1.54) is 16.7 Å². The van der Waals surface area contributed by atoms with Gasteiger partial charge in [-0.25, -0.2) is 0 Å². The van der Waals surface area contributed by atoms with Crippen LogP contribution in [0.4, 0.5) is 5.69 Å². The van der Waals surface area contributed by atoms with Gasteiger partial charge < -0.3 is 5.73 Å². The summed E-state index contributed by atoms with van der Waals surface area (Å²) in [4.78, 5) is 0. The molecule has 2 aromatic carbocycles. The first-order valence-corrected chi connectivity index (χ1v) is 5.66. The van der Waals surface area contributed by atoms with Crippen LogP contribution in [0.2, 0.25) is 0 Å². The zero-order chi connectivity index (χ0) is 11.5. The van der Waals surface area contributed by atoms with E-state index in [0.717, 1.165) is 17.7 Å². The van der Waals surface area contributed by atoms with Crippen molar-refractivity contribution < 1.29 is 0 Å². The molecule has 0 heterocycles. The lowest BCUT2D eigenvalue weighted by atomic mass is 9.99. The monoisotopic (exact) mass is 211 g/mol. The van der Waals surface area contributed by atoms with E-state index in [-0.39, 0.29) is 0 Å². The highest BCUT2D eigenvalue weighted by Crippen LogP contribution is 2.27. The van der Waals surface area contributed by atoms with Crippen molar-refractivity contribution in [2.45, 2.75) is 20.3 Å². The van der Waals surface area contributed by atoms with Crippen molar-refractivity contribution in [1.82, 2.24) is 0 Å². The minimum atomic E-state index is 0.855. The number of nitrogen functional groups attached to an aromatic ring is 1. The Morgan fingerprint density at radius 3 is 2.56 bits per heavy atom. The third kappa shape index (κ3) is 2.08. The van der Waals surface area contributed by atoms with E-state index in [1.807, 2.05) is 6.07 Å². The van der Waals surface area contributed by atoms with Gasteiger partial charge in [0.15, 0.2) is 0 Å². The van der Waals surface area contributed by atoms with Crippen LogP contribution in [0, 0.1) is 6.92 Å². The smallest absolute Gasteiger partial charge is 0.0396 e. The Balaban J connectivity index is 2.49. The van der Waals surface area contributed by atoms with Crippen LogP contribution in [-0.4, -0.2) is 0 Å². The van der Waals surface area contributed by atoms with Gasteiger partial charge in [0, 0.05) is 11.3 Å². The summed E-state index contributed by atoms with van der Waals surface area (Å²) >= 11 is 0. The molecule has 0 aliphatic heterocycles. The second-order valence-electron chi connectivity index (χ2n) is 4.14. The summed E-state index contributed by atoms with van der Waals surface area (Å²) in [5.74, 6) is 0. The standard InChI is InChI=1S/C15H17N/c1-3-12-5-4-6-13(10-12)14-8-7-11(2)9-15(14)16/h4-10H,3,16H2,1-2H3. The van der Waals surface area contributed by atoms with Gasteiger partial charge in [-0.05, 0) is 36.1 Å². The van der Waals surface area contributed by atoms with Crippen LogP contribution in [0.25, 0.3) is 11.1 Å². The van der Waals surface area contributed by atoms with Crippen molar-refractivity contribution in [2.75, 3.05) is 5.73 Å². The normalized spacial score (nSPS) is 10.4. The number of aryl methyl sites for hydroxylation is 2. The van der Waals surface area contributed by atoms with Crippen molar-refractivity contribution in [3.8, 4) is 11.1 Å². The maximum Gasteiger partial charge on any atom is 0.0396 e. The Morgan fingerprint density at radius 2 is 1.88 bits per heavy atom. The molecule has 0 radical (unpaired) electrons. The van der Waals surface area contributed by atoms with Crippen molar-refractivity contribution >= 4 is 5.69 Å². The third-order valence-corrected chi connectivity index (χ3v) is 2.85. The van der Waals surface area contributed by atoms with Gasteiger partial charge in [-0.3, -0.25) is 0 Å². The van der Waals surface area contributed by atoms with Gasteiger partial charge in [-0.2, -0.15) is 0 Å². The Morgan fingerprint density at radius 1 is 1.06 bits per heavy atom. The van der Waals surface area contributed by atoms with Gasteiger partial charge in [0.05, 0.1) is 0 Å². The summed E-state index contributed by atoms with van der Waals surface area (Å²) in [6.07, 6.45) is 1.06. The molecule has 0 saturated carbocycles. The molecule has 2 rings (SSSR count). The Hall–Kier alpha value is -1.76. The van der Waals surface area contributed by atoms with Gasteiger partial charge in [0.25, 0.3) is 0 Å². The van der Waals surface area contributed by atoms with E-state index in [4.69, 9.17) is 5.73 Å². The summed E-state index contributed by atoms with van der Waals surface area (Å²) in [7, 11) is 0. The van der Waals surface area contributed by atoms with E-state index in [0.29, 0.717) is 0 Å². The van der Waals surface area contributed by atoms with E-state index >= 15 is 0 Å². The quantitative estimate of drug-likeness (QED) is 0.751. The topological polar surface area (TPSA) is 26.0 Å². The Labute approximate surface area is 96.9 Å². The molecular formula is C15H17N. The van der Waals surface area contributed by atoms with Crippen LogP contribution >= 0.6 is 0 Å². The fraction of sp³-hybridized carbons (Fsp3) is 0.200. The summed E-state index contributed by atoms with van der Waals surface area (Å²) in [6, 6.07) is 14.8.